The molecule has 2 rings (SSSR count). The maximum Gasteiger partial charge on any atom is 0.329 e. The highest BCUT2D eigenvalue weighted by Crippen LogP contribution is 2.28. The van der Waals surface area contributed by atoms with Gasteiger partial charge in [0.05, 0.1) is 11.0 Å². The van der Waals surface area contributed by atoms with E-state index in [-0.39, 0.29) is 22.8 Å². The summed E-state index contributed by atoms with van der Waals surface area (Å²) in [5.41, 5.74) is -0.214. The molecule has 1 atom stereocenters. The third-order valence-electron chi connectivity index (χ3n) is 2.58. The van der Waals surface area contributed by atoms with Gasteiger partial charge in [-0.3, -0.25) is 10.1 Å². The van der Waals surface area contributed by atoms with Crippen molar-refractivity contribution in [1.29, 1.82) is 0 Å². The van der Waals surface area contributed by atoms with Crippen LogP contribution in [-0.4, -0.2) is 19.9 Å². The van der Waals surface area contributed by atoms with Crippen molar-refractivity contribution < 1.29 is 4.92 Å². The summed E-state index contributed by atoms with van der Waals surface area (Å²) in [5, 5.41) is 14.7. The molecule has 7 nitrogen and oxygen atoms in total. The molecule has 0 amide bonds. The SMILES string of the molecule is CCc1cnc(C(C)Nc2nc(Cl)ncc2[N+](=O)[O-])s1. The zero-order valence-electron chi connectivity index (χ0n) is 10.8. The Labute approximate surface area is 124 Å². The zero-order valence-corrected chi connectivity index (χ0v) is 12.4. The summed E-state index contributed by atoms with van der Waals surface area (Å²) in [5.74, 6) is 0.0933. The van der Waals surface area contributed by atoms with Gasteiger partial charge in [0.15, 0.2) is 0 Å². The van der Waals surface area contributed by atoms with Gasteiger partial charge in [0.2, 0.25) is 11.1 Å². The molecule has 1 N–H and O–H groups in total. The first-order chi connectivity index (χ1) is 9.51. The van der Waals surface area contributed by atoms with Crippen LogP contribution in [0.1, 0.15) is 29.8 Å². The quantitative estimate of drug-likeness (QED) is 0.517. The van der Waals surface area contributed by atoms with Gasteiger partial charge >= 0.3 is 5.69 Å². The Balaban J connectivity index is 2.24. The third kappa shape index (κ3) is 3.20. The number of hydrogen-bond acceptors (Lipinski definition) is 7. The number of hydrogen-bond donors (Lipinski definition) is 1. The second-order valence-electron chi connectivity index (χ2n) is 4.01. The Kier molecular flexibility index (Phi) is 4.46. The molecule has 2 aromatic heterocycles. The van der Waals surface area contributed by atoms with Crippen LogP contribution in [0, 0.1) is 10.1 Å². The van der Waals surface area contributed by atoms with Crippen LogP contribution in [0.3, 0.4) is 0 Å². The minimum Gasteiger partial charge on any atom is -0.355 e. The number of nitrogens with one attached hydrogen (secondary N) is 1. The van der Waals surface area contributed by atoms with E-state index in [1.165, 1.54) is 0 Å². The molecule has 0 fully saturated rings. The molecule has 106 valence electrons. The highest BCUT2D eigenvalue weighted by atomic mass is 35.5. The van der Waals surface area contributed by atoms with E-state index in [2.05, 4.69) is 20.3 Å². The van der Waals surface area contributed by atoms with Crippen molar-refractivity contribution in [3.05, 3.63) is 37.7 Å². The Bertz CT molecular complexity index is 633. The lowest BCUT2D eigenvalue weighted by atomic mass is 10.3. The van der Waals surface area contributed by atoms with E-state index in [1.807, 2.05) is 13.8 Å². The first-order valence-corrected chi connectivity index (χ1v) is 7.08. The Morgan fingerprint density at radius 3 is 2.85 bits per heavy atom. The molecule has 9 heteroatoms. The van der Waals surface area contributed by atoms with Crippen molar-refractivity contribution >= 4 is 34.4 Å². The van der Waals surface area contributed by atoms with E-state index in [0.717, 1.165) is 22.5 Å². The first-order valence-electron chi connectivity index (χ1n) is 5.89. The predicted octanol–water partition coefficient (Wildman–Crippen LogP) is 3.23. The Morgan fingerprint density at radius 1 is 1.50 bits per heavy atom. The number of aryl methyl sites for hydroxylation is 1. The third-order valence-corrected chi connectivity index (χ3v) is 4.09. The summed E-state index contributed by atoms with van der Waals surface area (Å²) >= 11 is 7.24. The zero-order chi connectivity index (χ0) is 14.7. The van der Waals surface area contributed by atoms with Gasteiger partial charge in [0.25, 0.3) is 0 Å². The van der Waals surface area contributed by atoms with E-state index >= 15 is 0 Å². The Hall–Kier alpha value is -1.80. The smallest absolute Gasteiger partial charge is 0.329 e. The van der Waals surface area contributed by atoms with Gasteiger partial charge < -0.3 is 5.32 Å². The molecule has 0 saturated heterocycles. The second kappa shape index (κ2) is 6.10. The lowest BCUT2D eigenvalue weighted by Crippen LogP contribution is -2.10. The summed E-state index contributed by atoms with van der Waals surface area (Å²) in [7, 11) is 0. The molecule has 0 aliphatic rings. The number of halogens is 1. The molecular weight excluding hydrogens is 302 g/mol. The lowest BCUT2D eigenvalue weighted by molar-refractivity contribution is -0.384. The highest BCUT2D eigenvalue weighted by Gasteiger charge is 2.20. The van der Waals surface area contributed by atoms with Crippen molar-refractivity contribution in [2.75, 3.05) is 5.32 Å². The Morgan fingerprint density at radius 2 is 2.25 bits per heavy atom. The van der Waals surface area contributed by atoms with Crippen LogP contribution < -0.4 is 5.32 Å². The van der Waals surface area contributed by atoms with Crippen molar-refractivity contribution in [3.63, 3.8) is 0 Å². The summed E-state index contributed by atoms with van der Waals surface area (Å²) in [6, 6.07) is -0.204. The molecule has 0 saturated carbocycles. The maximum atomic E-state index is 10.9. The molecule has 1 unspecified atom stereocenters. The number of aromatic nitrogens is 3. The summed E-state index contributed by atoms with van der Waals surface area (Å²) in [4.78, 5) is 23.3. The minimum atomic E-state index is -0.551. The van der Waals surface area contributed by atoms with Crippen LogP contribution in [-0.2, 0) is 6.42 Å². The van der Waals surface area contributed by atoms with Crippen LogP contribution in [0.5, 0.6) is 0 Å². The molecule has 0 aliphatic carbocycles. The van der Waals surface area contributed by atoms with Crippen LogP contribution in [0.25, 0.3) is 0 Å². The molecule has 2 heterocycles. The van der Waals surface area contributed by atoms with E-state index in [9.17, 15) is 10.1 Å². The van der Waals surface area contributed by atoms with Crippen LogP contribution >= 0.6 is 22.9 Å². The van der Waals surface area contributed by atoms with Crippen molar-refractivity contribution in [2.24, 2.45) is 0 Å². The van der Waals surface area contributed by atoms with E-state index in [1.54, 1.807) is 17.5 Å². The number of thiazole rings is 1. The largest absolute Gasteiger partial charge is 0.355 e. The monoisotopic (exact) mass is 313 g/mol. The topological polar surface area (TPSA) is 93.8 Å². The molecule has 0 bridgehead atoms. The number of nitrogens with zero attached hydrogens (tertiary/aromatic N) is 4. The molecule has 0 radical (unpaired) electrons. The maximum absolute atomic E-state index is 10.9. The van der Waals surface area contributed by atoms with E-state index in [0.29, 0.717) is 0 Å². The average molecular weight is 314 g/mol. The average Bonchev–Trinajstić information content (AvgIpc) is 2.87. The van der Waals surface area contributed by atoms with Gasteiger partial charge in [-0.15, -0.1) is 11.3 Å². The molecule has 0 aliphatic heterocycles. The van der Waals surface area contributed by atoms with Gasteiger partial charge in [-0.1, -0.05) is 6.92 Å². The fourth-order valence-corrected chi connectivity index (χ4v) is 2.54. The van der Waals surface area contributed by atoms with Crippen LogP contribution in [0.2, 0.25) is 5.28 Å². The molecule has 0 spiro atoms. The van der Waals surface area contributed by atoms with Crippen molar-refractivity contribution in [2.45, 2.75) is 26.3 Å². The molecule has 20 heavy (non-hydrogen) atoms. The van der Waals surface area contributed by atoms with Crippen molar-refractivity contribution in [1.82, 2.24) is 15.0 Å². The van der Waals surface area contributed by atoms with Gasteiger partial charge in [0, 0.05) is 11.1 Å². The molecule has 2 aromatic rings. The van der Waals surface area contributed by atoms with Crippen LogP contribution in [0.15, 0.2) is 12.4 Å². The van der Waals surface area contributed by atoms with Crippen molar-refractivity contribution in [3.8, 4) is 0 Å². The minimum absolute atomic E-state index is 0.0429. The number of rotatable bonds is 5. The summed E-state index contributed by atoms with van der Waals surface area (Å²) in [6.07, 6.45) is 3.80. The van der Waals surface area contributed by atoms with Gasteiger partial charge in [-0.05, 0) is 24.9 Å². The normalized spacial score (nSPS) is 12.2. The van der Waals surface area contributed by atoms with Gasteiger partial charge in [0.1, 0.15) is 11.2 Å². The van der Waals surface area contributed by atoms with Crippen LogP contribution in [0.4, 0.5) is 11.5 Å². The summed E-state index contributed by atoms with van der Waals surface area (Å²) in [6.45, 7) is 3.91. The lowest BCUT2D eigenvalue weighted by Gasteiger charge is -2.11. The van der Waals surface area contributed by atoms with E-state index in [4.69, 9.17) is 11.6 Å². The predicted molar refractivity (Wildman–Crippen MR) is 77.2 cm³/mol. The van der Waals surface area contributed by atoms with E-state index < -0.39 is 4.92 Å². The standard InChI is InChI=1S/C11H12ClN5O2S/c1-3-7-4-13-10(20-7)6(2)15-9-8(17(18)19)5-14-11(12)16-9/h4-6H,3H2,1-2H3,(H,14,15,16). The summed E-state index contributed by atoms with van der Waals surface area (Å²) < 4.78 is 0. The van der Waals surface area contributed by atoms with Gasteiger partial charge in [-0.2, -0.15) is 4.98 Å². The fraction of sp³-hybridized carbons (Fsp3) is 0.364. The number of nitro groups is 1. The fourth-order valence-electron chi connectivity index (χ4n) is 1.55. The first kappa shape index (κ1) is 14.6. The molecular formula is C11H12ClN5O2S. The number of anilines is 1. The molecule has 0 aromatic carbocycles. The second-order valence-corrected chi connectivity index (χ2v) is 5.50. The van der Waals surface area contributed by atoms with Gasteiger partial charge in [-0.25, -0.2) is 9.97 Å². The highest BCUT2D eigenvalue weighted by molar-refractivity contribution is 7.11.